The monoisotopic (exact) mass is 492 g/mol. The van der Waals surface area contributed by atoms with Crippen molar-refractivity contribution in [1.29, 1.82) is 0 Å². The van der Waals surface area contributed by atoms with E-state index >= 15 is 0 Å². The fraction of sp³-hybridized carbons (Fsp3) is 0.450. The summed E-state index contributed by atoms with van der Waals surface area (Å²) in [6.45, 7) is 3.94. The van der Waals surface area contributed by atoms with Gasteiger partial charge in [-0.05, 0) is 13.5 Å². The number of likely N-dealkylation sites (N-methyl/N-ethyl adjacent to an activating group) is 1. The van der Waals surface area contributed by atoms with Crippen LogP contribution in [-0.4, -0.2) is 75.7 Å². The maximum absolute atomic E-state index is 13.5. The summed E-state index contributed by atoms with van der Waals surface area (Å²) < 4.78 is 35.4. The van der Waals surface area contributed by atoms with Gasteiger partial charge < -0.3 is 19.4 Å². The van der Waals surface area contributed by atoms with Crippen molar-refractivity contribution in [3.05, 3.63) is 22.3 Å². The Bertz CT molecular complexity index is 1520. The first-order valence-electron chi connectivity index (χ1n) is 10.6. The molecule has 0 radical (unpaired) electrons. The van der Waals surface area contributed by atoms with E-state index in [0.717, 1.165) is 24.0 Å². The Labute approximate surface area is 193 Å². The van der Waals surface area contributed by atoms with Crippen molar-refractivity contribution in [2.75, 3.05) is 33.2 Å². The fourth-order valence-corrected chi connectivity index (χ4v) is 7.39. The number of hydrogen-bond donors (Lipinski definition) is 2. The van der Waals surface area contributed by atoms with E-state index in [4.69, 9.17) is 4.42 Å². The molecular formula is C20H24N6O5S2. The number of sulfonamides is 1. The van der Waals surface area contributed by atoms with Crippen LogP contribution in [0.1, 0.15) is 19.0 Å². The van der Waals surface area contributed by atoms with E-state index in [0.29, 0.717) is 54.2 Å². The Balaban J connectivity index is 1.70. The Morgan fingerprint density at radius 1 is 1.24 bits per heavy atom. The summed E-state index contributed by atoms with van der Waals surface area (Å²) in [7, 11) is -0.260. The predicted octanol–water partition coefficient (Wildman–Crippen LogP) is 1.73. The lowest BCUT2D eigenvalue weighted by Gasteiger charge is -2.31. The van der Waals surface area contributed by atoms with Gasteiger partial charge in [-0.25, -0.2) is 13.4 Å². The van der Waals surface area contributed by atoms with Crippen molar-refractivity contribution < 1.29 is 17.9 Å². The van der Waals surface area contributed by atoms with Gasteiger partial charge in [0.2, 0.25) is 0 Å². The topological polar surface area (TPSA) is 138 Å². The molecule has 4 aromatic rings. The molecule has 2 N–H and O–H groups in total. The van der Waals surface area contributed by atoms with Gasteiger partial charge in [0.15, 0.2) is 26.9 Å². The Hall–Kier alpha value is -2.74. The quantitative estimate of drug-likeness (QED) is 0.430. The lowest BCUT2D eigenvalue weighted by atomic mass is 10.2. The third-order valence-corrected chi connectivity index (χ3v) is 9.45. The lowest BCUT2D eigenvalue weighted by molar-refractivity contribution is 0.222. The molecule has 0 aromatic carbocycles. The second kappa shape index (κ2) is 7.94. The van der Waals surface area contributed by atoms with Gasteiger partial charge in [-0.15, -0.1) is 11.3 Å². The zero-order valence-electron chi connectivity index (χ0n) is 18.5. The van der Waals surface area contributed by atoms with Crippen LogP contribution in [0.5, 0.6) is 5.75 Å². The summed E-state index contributed by atoms with van der Waals surface area (Å²) >= 11 is 0.935. The van der Waals surface area contributed by atoms with Crippen LogP contribution in [0.3, 0.4) is 0 Å². The molecule has 5 rings (SSSR count). The van der Waals surface area contributed by atoms with Gasteiger partial charge in [-0.2, -0.15) is 9.40 Å². The smallest absolute Gasteiger partial charge is 0.277 e. The number of aromatic hydroxyl groups is 1. The molecule has 0 aliphatic carbocycles. The van der Waals surface area contributed by atoms with Crippen molar-refractivity contribution >= 4 is 43.4 Å². The number of H-pyrrole nitrogens is 1. The molecule has 176 valence electrons. The molecule has 4 aromatic heterocycles. The number of piperazine rings is 1. The molecular weight excluding hydrogens is 468 g/mol. The zero-order valence-corrected chi connectivity index (χ0v) is 20.1. The van der Waals surface area contributed by atoms with Crippen molar-refractivity contribution in [2.45, 2.75) is 24.0 Å². The minimum absolute atomic E-state index is 0.0222. The first-order chi connectivity index (χ1) is 15.7. The van der Waals surface area contributed by atoms with Crippen molar-refractivity contribution in [1.82, 2.24) is 29.0 Å². The van der Waals surface area contributed by atoms with E-state index in [-0.39, 0.29) is 32.3 Å². The Kier molecular flexibility index (Phi) is 5.31. The van der Waals surface area contributed by atoms with Crippen molar-refractivity contribution in [2.24, 2.45) is 7.05 Å². The molecule has 0 amide bonds. The van der Waals surface area contributed by atoms with Crippen LogP contribution in [0, 0.1) is 0 Å². The zero-order chi connectivity index (χ0) is 23.5. The number of furan rings is 1. The third kappa shape index (κ3) is 3.46. The molecule has 5 heterocycles. The third-order valence-electron chi connectivity index (χ3n) is 5.88. The first kappa shape index (κ1) is 22.1. The van der Waals surface area contributed by atoms with Crippen LogP contribution in [0.25, 0.3) is 32.7 Å². The number of hydrogen-bond acceptors (Lipinski definition) is 9. The van der Waals surface area contributed by atoms with E-state index in [9.17, 15) is 18.3 Å². The number of aromatic nitrogens is 4. The molecule has 0 spiro atoms. The van der Waals surface area contributed by atoms with Gasteiger partial charge in [-0.1, -0.05) is 13.3 Å². The number of aryl methyl sites for hydroxylation is 2. The Morgan fingerprint density at radius 2 is 1.97 bits per heavy atom. The first-order valence-corrected chi connectivity index (χ1v) is 12.9. The molecule has 0 saturated carbocycles. The minimum Gasteiger partial charge on any atom is -0.504 e. The summed E-state index contributed by atoms with van der Waals surface area (Å²) in [5, 5.41) is 14.9. The van der Waals surface area contributed by atoms with Crippen molar-refractivity contribution in [3.8, 4) is 16.5 Å². The average Bonchev–Trinajstić information content (AvgIpc) is 3.43. The van der Waals surface area contributed by atoms with Gasteiger partial charge in [0.25, 0.3) is 15.6 Å². The maximum Gasteiger partial charge on any atom is 0.277 e. The number of rotatable bonds is 5. The summed E-state index contributed by atoms with van der Waals surface area (Å²) in [6.07, 6.45) is 2.59. The molecule has 1 aliphatic heterocycles. The van der Waals surface area contributed by atoms with Crippen LogP contribution in [0.15, 0.2) is 19.7 Å². The molecule has 1 saturated heterocycles. The molecule has 0 unspecified atom stereocenters. The molecule has 1 aliphatic rings. The molecule has 11 nitrogen and oxygen atoms in total. The molecule has 33 heavy (non-hydrogen) atoms. The largest absolute Gasteiger partial charge is 0.504 e. The second-order valence-corrected chi connectivity index (χ2v) is 11.3. The Morgan fingerprint density at radius 3 is 2.67 bits per heavy atom. The molecule has 0 atom stereocenters. The van der Waals surface area contributed by atoms with Crippen LogP contribution < -0.4 is 5.56 Å². The van der Waals surface area contributed by atoms with Gasteiger partial charge in [0, 0.05) is 33.2 Å². The minimum atomic E-state index is -3.89. The summed E-state index contributed by atoms with van der Waals surface area (Å²) in [6, 6.07) is 0. The van der Waals surface area contributed by atoms with E-state index in [1.807, 2.05) is 14.0 Å². The summed E-state index contributed by atoms with van der Waals surface area (Å²) in [4.78, 5) is 22.6. The van der Waals surface area contributed by atoms with Crippen LogP contribution in [0.2, 0.25) is 0 Å². The van der Waals surface area contributed by atoms with E-state index in [1.54, 1.807) is 7.05 Å². The van der Waals surface area contributed by atoms with Gasteiger partial charge in [-0.3, -0.25) is 9.48 Å². The number of nitrogens with one attached hydrogen (secondary N) is 1. The van der Waals surface area contributed by atoms with E-state index < -0.39 is 10.0 Å². The van der Waals surface area contributed by atoms with Crippen LogP contribution in [0.4, 0.5) is 0 Å². The molecule has 13 heteroatoms. The van der Waals surface area contributed by atoms with Crippen LogP contribution in [-0.2, 0) is 23.5 Å². The lowest BCUT2D eigenvalue weighted by Crippen LogP contribution is -2.46. The van der Waals surface area contributed by atoms with Gasteiger partial charge in [0.05, 0.1) is 11.1 Å². The SMILES string of the molecule is CCCc1nn(C)c2c(=O)[nH]c(-c3sc(S(=O)(=O)N4CCN(C)CC4)c4c(O)coc34)nc12. The fourth-order valence-electron chi connectivity index (χ4n) is 4.15. The number of nitrogens with zero attached hydrogens (tertiary/aromatic N) is 5. The number of thiophene rings is 1. The highest BCUT2D eigenvalue weighted by molar-refractivity contribution is 7.91. The maximum atomic E-state index is 13.5. The van der Waals surface area contributed by atoms with Gasteiger partial charge >= 0.3 is 0 Å². The normalized spacial score (nSPS) is 16.3. The highest BCUT2D eigenvalue weighted by Crippen LogP contribution is 2.46. The van der Waals surface area contributed by atoms with Crippen LogP contribution >= 0.6 is 11.3 Å². The second-order valence-electron chi connectivity index (χ2n) is 8.18. The standard InChI is InChI=1S/C20H24N6O5S2/c1-4-5-11-14-15(25(3)23-11)19(28)22-18(21-14)17-16-13(12(27)10-31-16)20(32-17)33(29,30)26-8-6-24(2)7-9-26/h10,27H,4-9H2,1-3H3,(H,21,22,28). The van der Waals surface area contributed by atoms with E-state index in [2.05, 4.69) is 20.0 Å². The van der Waals surface area contributed by atoms with Gasteiger partial charge in [0.1, 0.15) is 16.7 Å². The number of aromatic amines is 1. The summed E-state index contributed by atoms with van der Waals surface area (Å²) in [5.74, 6) is -0.0845. The van der Waals surface area contributed by atoms with E-state index in [1.165, 1.54) is 8.99 Å². The molecule has 0 bridgehead atoms. The average molecular weight is 493 g/mol. The summed E-state index contributed by atoms with van der Waals surface area (Å²) in [5.41, 5.74) is 1.31. The van der Waals surface area contributed by atoms with Crippen molar-refractivity contribution in [3.63, 3.8) is 0 Å². The highest BCUT2D eigenvalue weighted by atomic mass is 32.2. The predicted molar refractivity (Wildman–Crippen MR) is 124 cm³/mol. The molecule has 1 fully saturated rings. The number of fused-ring (bicyclic) bond motifs is 2. The highest BCUT2D eigenvalue weighted by Gasteiger charge is 2.35.